The standard InChI is InChI=1S/C20H19NO4S2/c1-23-15-9-7-13(8-10-15)12-21-19(22)17(27-20(21)26)11-14-5-4-6-16(24-2)18(14)25-3/h4-11H,12H2,1-3H3/b17-11-. The van der Waals surface area contributed by atoms with Crippen molar-refractivity contribution in [3.63, 3.8) is 0 Å². The molecule has 27 heavy (non-hydrogen) atoms. The molecule has 2 aromatic rings. The number of benzene rings is 2. The Labute approximate surface area is 167 Å². The summed E-state index contributed by atoms with van der Waals surface area (Å²) in [6.45, 7) is 0.418. The third kappa shape index (κ3) is 4.09. The molecule has 0 spiro atoms. The second-order valence-corrected chi connectivity index (χ2v) is 7.37. The summed E-state index contributed by atoms with van der Waals surface area (Å²) in [5, 5.41) is 0. The Morgan fingerprint density at radius 1 is 1.04 bits per heavy atom. The minimum atomic E-state index is -0.120. The molecular weight excluding hydrogens is 382 g/mol. The van der Waals surface area contributed by atoms with Crippen molar-refractivity contribution in [2.45, 2.75) is 6.54 Å². The molecule has 0 atom stereocenters. The lowest BCUT2D eigenvalue weighted by Gasteiger charge is -2.14. The quantitative estimate of drug-likeness (QED) is 0.536. The third-order valence-electron chi connectivity index (χ3n) is 4.09. The van der Waals surface area contributed by atoms with Gasteiger partial charge in [-0.25, -0.2) is 0 Å². The summed E-state index contributed by atoms with van der Waals surface area (Å²) in [7, 11) is 4.77. The number of rotatable bonds is 6. The van der Waals surface area contributed by atoms with Gasteiger partial charge < -0.3 is 14.2 Å². The first-order chi connectivity index (χ1) is 13.1. The van der Waals surface area contributed by atoms with E-state index >= 15 is 0 Å². The van der Waals surface area contributed by atoms with E-state index < -0.39 is 0 Å². The molecule has 0 saturated carbocycles. The van der Waals surface area contributed by atoms with E-state index in [0.717, 1.165) is 16.9 Å². The van der Waals surface area contributed by atoms with Crippen LogP contribution in [0.25, 0.3) is 6.08 Å². The van der Waals surface area contributed by atoms with Crippen LogP contribution in [0.1, 0.15) is 11.1 Å². The van der Waals surface area contributed by atoms with Gasteiger partial charge in [0.25, 0.3) is 5.91 Å². The molecule has 0 N–H and O–H groups in total. The number of carbonyl (C=O) groups is 1. The van der Waals surface area contributed by atoms with Gasteiger partial charge in [-0.2, -0.15) is 0 Å². The molecule has 0 radical (unpaired) electrons. The molecule has 0 bridgehead atoms. The Morgan fingerprint density at radius 3 is 2.41 bits per heavy atom. The van der Waals surface area contributed by atoms with Crippen molar-refractivity contribution in [1.82, 2.24) is 4.90 Å². The number of para-hydroxylation sites is 1. The summed E-state index contributed by atoms with van der Waals surface area (Å²) < 4.78 is 16.4. The summed E-state index contributed by atoms with van der Waals surface area (Å²) in [6.07, 6.45) is 1.79. The first kappa shape index (κ1) is 19.3. The van der Waals surface area contributed by atoms with E-state index in [0.29, 0.717) is 27.3 Å². The smallest absolute Gasteiger partial charge is 0.266 e. The molecule has 1 aliphatic heterocycles. The van der Waals surface area contributed by atoms with E-state index in [4.69, 9.17) is 26.4 Å². The third-order valence-corrected chi connectivity index (χ3v) is 5.47. The fraction of sp³-hybridized carbons (Fsp3) is 0.200. The molecule has 1 heterocycles. The number of thiocarbonyl (C=S) groups is 1. The van der Waals surface area contributed by atoms with Crippen LogP contribution in [-0.4, -0.2) is 36.5 Å². The van der Waals surface area contributed by atoms with Gasteiger partial charge in [-0.3, -0.25) is 9.69 Å². The topological polar surface area (TPSA) is 48.0 Å². The van der Waals surface area contributed by atoms with Gasteiger partial charge in [0, 0.05) is 5.56 Å². The normalized spacial score (nSPS) is 15.4. The molecule has 5 nitrogen and oxygen atoms in total. The number of hydrogen-bond acceptors (Lipinski definition) is 6. The van der Waals surface area contributed by atoms with E-state index in [1.165, 1.54) is 11.8 Å². The average Bonchev–Trinajstić information content (AvgIpc) is 2.95. The van der Waals surface area contributed by atoms with E-state index in [2.05, 4.69) is 0 Å². The molecule has 0 unspecified atom stereocenters. The van der Waals surface area contributed by atoms with Crippen molar-refractivity contribution >= 4 is 40.3 Å². The van der Waals surface area contributed by atoms with Crippen LogP contribution in [0.5, 0.6) is 17.2 Å². The molecule has 0 aromatic heterocycles. The van der Waals surface area contributed by atoms with Crippen LogP contribution < -0.4 is 14.2 Å². The monoisotopic (exact) mass is 401 g/mol. The number of nitrogens with zero attached hydrogens (tertiary/aromatic N) is 1. The van der Waals surface area contributed by atoms with Gasteiger partial charge in [-0.1, -0.05) is 48.2 Å². The summed E-state index contributed by atoms with van der Waals surface area (Å²) in [4.78, 5) is 15.0. The lowest BCUT2D eigenvalue weighted by molar-refractivity contribution is -0.122. The van der Waals surface area contributed by atoms with Crippen LogP contribution in [0.2, 0.25) is 0 Å². The summed E-state index contributed by atoms with van der Waals surface area (Å²) in [5.74, 6) is 1.85. The van der Waals surface area contributed by atoms with Crippen LogP contribution >= 0.6 is 24.0 Å². The zero-order valence-electron chi connectivity index (χ0n) is 15.2. The van der Waals surface area contributed by atoms with Crippen molar-refractivity contribution in [3.05, 3.63) is 58.5 Å². The molecule has 1 saturated heterocycles. The highest BCUT2D eigenvalue weighted by molar-refractivity contribution is 8.26. The number of methoxy groups -OCH3 is 3. The molecule has 7 heteroatoms. The van der Waals surface area contributed by atoms with E-state index in [-0.39, 0.29) is 5.91 Å². The molecule has 140 valence electrons. The van der Waals surface area contributed by atoms with Crippen molar-refractivity contribution in [1.29, 1.82) is 0 Å². The zero-order chi connectivity index (χ0) is 19.4. The van der Waals surface area contributed by atoms with Gasteiger partial charge in [-0.05, 0) is 29.8 Å². The van der Waals surface area contributed by atoms with Crippen LogP contribution in [0, 0.1) is 0 Å². The lowest BCUT2D eigenvalue weighted by Crippen LogP contribution is -2.27. The summed E-state index contributed by atoms with van der Waals surface area (Å²) >= 11 is 6.70. The number of carbonyl (C=O) groups excluding carboxylic acids is 1. The van der Waals surface area contributed by atoms with Gasteiger partial charge in [0.05, 0.1) is 32.8 Å². The van der Waals surface area contributed by atoms with Gasteiger partial charge in [0.15, 0.2) is 11.5 Å². The fourth-order valence-corrected chi connectivity index (χ4v) is 3.96. The molecule has 0 aliphatic carbocycles. The Hall–Kier alpha value is -2.51. The van der Waals surface area contributed by atoms with Crippen LogP contribution in [-0.2, 0) is 11.3 Å². The molecule has 3 rings (SSSR count). The minimum absolute atomic E-state index is 0.120. The molecular formula is C20H19NO4S2. The zero-order valence-corrected chi connectivity index (χ0v) is 16.9. The Morgan fingerprint density at radius 2 is 1.78 bits per heavy atom. The van der Waals surface area contributed by atoms with Gasteiger partial charge in [0.1, 0.15) is 10.1 Å². The lowest BCUT2D eigenvalue weighted by atomic mass is 10.1. The van der Waals surface area contributed by atoms with E-state index in [1.807, 2.05) is 42.5 Å². The SMILES string of the molecule is COc1ccc(CN2C(=O)/C(=C/c3cccc(OC)c3OC)SC2=S)cc1. The Bertz CT molecular complexity index is 893. The maximum atomic E-state index is 12.9. The predicted molar refractivity (Wildman–Crippen MR) is 111 cm³/mol. The maximum Gasteiger partial charge on any atom is 0.266 e. The highest BCUT2D eigenvalue weighted by Crippen LogP contribution is 2.37. The van der Waals surface area contributed by atoms with Gasteiger partial charge in [-0.15, -0.1) is 0 Å². The predicted octanol–water partition coefficient (Wildman–Crippen LogP) is 4.11. The van der Waals surface area contributed by atoms with Gasteiger partial charge in [0.2, 0.25) is 0 Å². The Balaban J connectivity index is 1.84. The van der Waals surface area contributed by atoms with Crippen LogP contribution in [0.3, 0.4) is 0 Å². The summed E-state index contributed by atoms with van der Waals surface area (Å²) in [6, 6.07) is 13.1. The molecule has 1 aliphatic rings. The van der Waals surface area contributed by atoms with Crippen molar-refractivity contribution in [2.75, 3.05) is 21.3 Å². The highest BCUT2D eigenvalue weighted by Gasteiger charge is 2.32. The second kappa shape index (κ2) is 8.45. The highest BCUT2D eigenvalue weighted by atomic mass is 32.2. The number of hydrogen-bond donors (Lipinski definition) is 0. The largest absolute Gasteiger partial charge is 0.497 e. The van der Waals surface area contributed by atoms with Crippen LogP contribution in [0.15, 0.2) is 47.4 Å². The Kier molecular flexibility index (Phi) is 6.03. The number of amides is 1. The molecule has 1 amide bonds. The van der Waals surface area contributed by atoms with Gasteiger partial charge >= 0.3 is 0 Å². The fourth-order valence-electron chi connectivity index (χ4n) is 2.72. The first-order valence-corrected chi connectivity index (χ1v) is 9.39. The van der Waals surface area contributed by atoms with E-state index in [1.54, 1.807) is 32.3 Å². The maximum absolute atomic E-state index is 12.9. The van der Waals surface area contributed by atoms with Crippen molar-refractivity contribution in [3.8, 4) is 17.2 Å². The van der Waals surface area contributed by atoms with Crippen LogP contribution in [0.4, 0.5) is 0 Å². The van der Waals surface area contributed by atoms with E-state index in [9.17, 15) is 4.79 Å². The van der Waals surface area contributed by atoms with Crippen molar-refractivity contribution in [2.24, 2.45) is 0 Å². The average molecular weight is 402 g/mol. The summed E-state index contributed by atoms with van der Waals surface area (Å²) in [5.41, 5.74) is 1.74. The first-order valence-electron chi connectivity index (χ1n) is 8.16. The van der Waals surface area contributed by atoms with Crippen molar-refractivity contribution < 1.29 is 19.0 Å². The number of thioether (sulfide) groups is 1. The number of ether oxygens (including phenoxy) is 3. The molecule has 2 aromatic carbocycles. The second-order valence-electron chi connectivity index (χ2n) is 5.70. The minimum Gasteiger partial charge on any atom is -0.497 e. The molecule has 1 fully saturated rings.